The normalized spacial score (nSPS) is 10.4. The molecule has 138 valence electrons. The van der Waals surface area contributed by atoms with Crippen LogP contribution >= 0.6 is 23.4 Å². The van der Waals surface area contributed by atoms with Gasteiger partial charge in [0.25, 0.3) is 0 Å². The van der Waals surface area contributed by atoms with E-state index in [1.807, 2.05) is 49.4 Å². The Balaban J connectivity index is 1.56. The minimum Gasteiger partial charge on any atom is -0.463 e. The zero-order valence-corrected chi connectivity index (χ0v) is 16.2. The molecule has 0 bridgehead atoms. The molecule has 2 rings (SSSR count). The molecule has 0 saturated heterocycles. The maximum atomic E-state index is 11.8. The summed E-state index contributed by atoms with van der Waals surface area (Å²) in [6.07, 6.45) is 1.11. The lowest BCUT2D eigenvalue weighted by atomic mass is 10.1. The quantitative estimate of drug-likeness (QED) is 0.398. The highest BCUT2D eigenvalue weighted by Gasteiger charge is 2.07. The number of carbonyl (C=O) groups is 2. The molecule has 0 radical (unpaired) electrons. The number of ether oxygens (including phenoxy) is 1. The van der Waals surface area contributed by atoms with Gasteiger partial charge in [0, 0.05) is 11.3 Å². The average molecular weight is 392 g/mol. The van der Waals surface area contributed by atoms with Crippen LogP contribution in [-0.4, -0.2) is 30.8 Å². The maximum Gasteiger partial charge on any atom is 0.316 e. The van der Waals surface area contributed by atoms with E-state index in [0.29, 0.717) is 24.4 Å². The molecule has 1 N–H and O–H groups in total. The standard InChI is InChI=1S/C20H22ClNO3S/c1-15-6-8-16(9-7-15)10-11-19(23)22-12-13-25-20(24)14-26-18-5-3-2-4-17(18)21/h2-9H,10-14H2,1H3,(H,22,23). The number of aryl methyl sites for hydroxylation is 2. The first kappa shape index (κ1) is 20.3. The molecule has 4 nitrogen and oxygen atoms in total. The first-order valence-corrected chi connectivity index (χ1v) is 9.76. The molecule has 0 heterocycles. The lowest BCUT2D eigenvalue weighted by Gasteiger charge is -2.07. The molecule has 0 saturated carbocycles. The molecule has 26 heavy (non-hydrogen) atoms. The van der Waals surface area contributed by atoms with Crippen molar-refractivity contribution in [1.29, 1.82) is 0 Å². The predicted molar refractivity (Wildman–Crippen MR) is 106 cm³/mol. The summed E-state index contributed by atoms with van der Waals surface area (Å²) < 4.78 is 5.11. The van der Waals surface area contributed by atoms with Gasteiger partial charge in [-0.1, -0.05) is 53.6 Å². The summed E-state index contributed by atoms with van der Waals surface area (Å²) in [4.78, 5) is 24.4. The number of esters is 1. The molecule has 0 aliphatic rings. The van der Waals surface area contributed by atoms with E-state index in [2.05, 4.69) is 5.32 Å². The Labute approximate surface area is 163 Å². The Bertz CT molecular complexity index is 734. The smallest absolute Gasteiger partial charge is 0.316 e. The van der Waals surface area contributed by atoms with Crippen molar-refractivity contribution in [2.75, 3.05) is 18.9 Å². The monoisotopic (exact) mass is 391 g/mol. The number of benzene rings is 2. The highest BCUT2D eigenvalue weighted by atomic mass is 35.5. The number of nitrogens with one attached hydrogen (secondary N) is 1. The van der Waals surface area contributed by atoms with Gasteiger partial charge in [0.05, 0.1) is 17.3 Å². The van der Waals surface area contributed by atoms with Gasteiger partial charge >= 0.3 is 5.97 Å². The molecule has 0 aliphatic heterocycles. The third-order valence-electron chi connectivity index (χ3n) is 3.63. The summed E-state index contributed by atoms with van der Waals surface area (Å²) in [5.41, 5.74) is 2.33. The highest BCUT2D eigenvalue weighted by molar-refractivity contribution is 8.00. The van der Waals surface area contributed by atoms with Crippen LogP contribution in [0.1, 0.15) is 17.5 Å². The molecule has 0 unspecified atom stereocenters. The number of carbonyl (C=O) groups excluding carboxylic acids is 2. The van der Waals surface area contributed by atoms with Crippen molar-refractivity contribution >= 4 is 35.2 Å². The second-order valence-electron chi connectivity index (χ2n) is 5.78. The lowest BCUT2D eigenvalue weighted by Crippen LogP contribution is -2.28. The number of rotatable bonds is 9. The first-order valence-electron chi connectivity index (χ1n) is 8.40. The van der Waals surface area contributed by atoms with Gasteiger partial charge in [-0.2, -0.15) is 0 Å². The van der Waals surface area contributed by atoms with Crippen LogP contribution < -0.4 is 5.32 Å². The van der Waals surface area contributed by atoms with E-state index >= 15 is 0 Å². The van der Waals surface area contributed by atoms with Crippen molar-refractivity contribution in [2.45, 2.75) is 24.7 Å². The topological polar surface area (TPSA) is 55.4 Å². The van der Waals surface area contributed by atoms with E-state index in [0.717, 1.165) is 10.5 Å². The Morgan fingerprint density at radius 1 is 1.12 bits per heavy atom. The molecule has 0 spiro atoms. The van der Waals surface area contributed by atoms with Crippen molar-refractivity contribution in [3.63, 3.8) is 0 Å². The molecule has 6 heteroatoms. The second kappa shape index (κ2) is 10.9. The van der Waals surface area contributed by atoms with E-state index in [4.69, 9.17) is 16.3 Å². The van der Waals surface area contributed by atoms with Gasteiger partial charge in [0.1, 0.15) is 6.61 Å². The fraction of sp³-hybridized carbons (Fsp3) is 0.300. The van der Waals surface area contributed by atoms with Crippen LogP contribution in [0.3, 0.4) is 0 Å². The van der Waals surface area contributed by atoms with Crippen molar-refractivity contribution < 1.29 is 14.3 Å². The number of halogens is 1. The van der Waals surface area contributed by atoms with Gasteiger partial charge < -0.3 is 10.1 Å². The minimum atomic E-state index is -0.330. The van der Waals surface area contributed by atoms with E-state index in [9.17, 15) is 9.59 Å². The molecule has 0 aliphatic carbocycles. The molecule has 2 aromatic carbocycles. The number of amides is 1. The van der Waals surface area contributed by atoms with Crippen LogP contribution in [0.25, 0.3) is 0 Å². The molecular weight excluding hydrogens is 370 g/mol. The summed E-state index contributed by atoms with van der Waals surface area (Å²) in [5.74, 6) is -0.193. The Morgan fingerprint density at radius 2 is 1.85 bits per heavy atom. The van der Waals surface area contributed by atoms with Gasteiger partial charge in [-0.05, 0) is 31.0 Å². The zero-order chi connectivity index (χ0) is 18.8. The van der Waals surface area contributed by atoms with Crippen LogP contribution in [0.4, 0.5) is 0 Å². The van der Waals surface area contributed by atoms with Crippen LogP contribution in [0.15, 0.2) is 53.4 Å². The first-order chi connectivity index (χ1) is 12.5. The molecule has 0 aromatic heterocycles. The van der Waals surface area contributed by atoms with Gasteiger partial charge in [-0.3, -0.25) is 9.59 Å². The SMILES string of the molecule is Cc1ccc(CCC(=O)NCCOC(=O)CSc2ccccc2Cl)cc1. The second-order valence-corrected chi connectivity index (χ2v) is 7.20. The Morgan fingerprint density at radius 3 is 2.58 bits per heavy atom. The summed E-state index contributed by atoms with van der Waals surface area (Å²) in [6.45, 7) is 2.51. The summed E-state index contributed by atoms with van der Waals surface area (Å²) >= 11 is 7.36. The van der Waals surface area contributed by atoms with Crippen molar-refractivity contribution in [2.24, 2.45) is 0 Å². The van der Waals surface area contributed by atoms with E-state index in [1.165, 1.54) is 17.3 Å². The Kier molecular flexibility index (Phi) is 8.51. The van der Waals surface area contributed by atoms with Crippen molar-refractivity contribution in [3.8, 4) is 0 Å². The lowest BCUT2D eigenvalue weighted by molar-refractivity contribution is -0.140. The summed E-state index contributed by atoms with van der Waals surface area (Å²) in [5, 5.41) is 3.38. The fourth-order valence-corrected chi connectivity index (χ4v) is 3.23. The van der Waals surface area contributed by atoms with Crippen molar-refractivity contribution in [1.82, 2.24) is 5.32 Å². The van der Waals surface area contributed by atoms with Crippen LogP contribution in [0, 0.1) is 6.92 Å². The molecule has 0 atom stereocenters. The molecule has 2 aromatic rings. The van der Waals surface area contributed by atoms with E-state index in [-0.39, 0.29) is 24.2 Å². The third kappa shape index (κ3) is 7.50. The van der Waals surface area contributed by atoms with E-state index < -0.39 is 0 Å². The van der Waals surface area contributed by atoms with Crippen LogP contribution in [-0.2, 0) is 20.7 Å². The van der Waals surface area contributed by atoms with Crippen LogP contribution in [0.2, 0.25) is 5.02 Å². The summed E-state index contributed by atoms with van der Waals surface area (Å²) in [7, 11) is 0. The number of thioether (sulfide) groups is 1. The largest absolute Gasteiger partial charge is 0.463 e. The molecule has 0 fully saturated rings. The maximum absolute atomic E-state index is 11.8. The number of hydrogen-bond donors (Lipinski definition) is 1. The van der Waals surface area contributed by atoms with Gasteiger partial charge in [-0.25, -0.2) is 0 Å². The summed E-state index contributed by atoms with van der Waals surface area (Å²) in [6, 6.07) is 15.5. The highest BCUT2D eigenvalue weighted by Crippen LogP contribution is 2.26. The van der Waals surface area contributed by atoms with Gasteiger partial charge in [0.2, 0.25) is 5.91 Å². The molecule has 1 amide bonds. The third-order valence-corrected chi connectivity index (χ3v) is 5.12. The fourth-order valence-electron chi connectivity index (χ4n) is 2.20. The van der Waals surface area contributed by atoms with Gasteiger partial charge in [-0.15, -0.1) is 11.8 Å². The number of hydrogen-bond acceptors (Lipinski definition) is 4. The Hall–Kier alpha value is -1.98. The predicted octanol–water partition coefficient (Wildman–Crippen LogP) is 4.03. The van der Waals surface area contributed by atoms with E-state index in [1.54, 1.807) is 6.07 Å². The average Bonchev–Trinajstić information content (AvgIpc) is 2.64. The minimum absolute atomic E-state index is 0.0490. The zero-order valence-electron chi connectivity index (χ0n) is 14.7. The van der Waals surface area contributed by atoms with Crippen LogP contribution in [0.5, 0.6) is 0 Å². The van der Waals surface area contributed by atoms with Crippen molar-refractivity contribution in [3.05, 3.63) is 64.7 Å². The molecular formula is C20H22ClNO3S. The van der Waals surface area contributed by atoms with Gasteiger partial charge in [0.15, 0.2) is 0 Å².